The molecule has 144 valence electrons. The molecule has 27 heavy (non-hydrogen) atoms. The molecule has 1 unspecified atom stereocenters. The van der Waals surface area contributed by atoms with Crippen LogP contribution in [0.2, 0.25) is 0 Å². The lowest BCUT2D eigenvalue weighted by Gasteiger charge is -2.21. The van der Waals surface area contributed by atoms with Crippen molar-refractivity contribution >= 4 is 17.7 Å². The molecule has 1 aromatic carbocycles. The van der Waals surface area contributed by atoms with Crippen LogP contribution in [-0.2, 0) is 16.1 Å². The first kappa shape index (κ1) is 20.4. The molecule has 0 radical (unpaired) electrons. The molecular weight excluding hydrogens is 351 g/mol. The quantitative estimate of drug-likeness (QED) is 0.622. The Bertz CT molecular complexity index is 888. The van der Waals surface area contributed by atoms with Crippen LogP contribution in [0, 0.1) is 19.7 Å². The van der Waals surface area contributed by atoms with Gasteiger partial charge in [-0.05, 0) is 51.0 Å². The maximum Gasteiger partial charge on any atom is 0.355 e. The molecule has 1 atom stereocenters. The third kappa shape index (κ3) is 4.61. The number of nitrogens with zero attached hydrogens (tertiary/aromatic N) is 1. The van der Waals surface area contributed by atoms with Gasteiger partial charge in [0.25, 0.3) is 5.91 Å². The highest BCUT2D eigenvalue weighted by Crippen LogP contribution is 2.20. The van der Waals surface area contributed by atoms with Crippen molar-refractivity contribution in [3.8, 4) is 0 Å². The van der Waals surface area contributed by atoms with Crippen LogP contribution < -0.4 is 0 Å². The van der Waals surface area contributed by atoms with Crippen molar-refractivity contribution in [3.05, 3.63) is 58.2 Å². The van der Waals surface area contributed by atoms with E-state index < -0.39 is 18.0 Å². The minimum absolute atomic E-state index is 0.153. The zero-order valence-electron chi connectivity index (χ0n) is 16.1. The van der Waals surface area contributed by atoms with E-state index in [1.165, 1.54) is 30.9 Å². The van der Waals surface area contributed by atoms with Crippen molar-refractivity contribution < 1.29 is 23.5 Å². The van der Waals surface area contributed by atoms with Gasteiger partial charge in [-0.3, -0.25) is 9.59 Å². The molecule has 7 heteroatoms. The maximum absolute atomic E-state index is 13.3. The van der Waals surface area contributed by atoms with Gasteiger partial charge in [0.2, 0.25) is 0 Å². The average Bonchev–Trinajstić information content (AvgIpc) is 2.88. The van der Waals surface area contributed by atoms with Gasteiger partial charge < -0.3 is 14.6 Å². The monoisotopic (exact) mass is 374 g/mol. The summed E-state index contributed by atoms with van der Waals surface area (Å²) in [5.41, 5.74) is 2.31. The number of likely N-dealkylation sites (N-methyl/N-ethyl adjacent to an activating group) is 1. The average molecular weight is 374 g/mol. The molecule has 0 saturated heterocycles. The van der Waals surface area contributed by atoms with Gasteiger partial charge in [0.15, 0.2) is 11.9 Å². The molecule has 2 rings (SSSR count). The summed E-state index contributed by atoms with van der Waals surface area (Å²) in [4.78, 5) is 40.8. The number of ketones is 1. The van der Waals surface area contributed by atoms with Crippen LogP contribution in [0.25, 0.3) is 0 Å². The standard InChI is InChI=1S/C20H23FN2O4/c1-11-17(13(3)24)12(2)22-18(11)20(26)27-14(4)19(25)23(5)10-15-7-6-8-16(21)9-15/h6-9,14,22H,10H2,1-5H3. The molecule has 1 amide bonds. The molecule has 0 saturated carbocycles. The number of aromatic amines is 1. The summed E-state index contributed by atoms with van der Waals surface area (Å²) in [5, 5.41) is 0. The molecule has 6 nitrogen and oxygen atoms in total. The second-order valence-electron chi connectivity index (χ2n) is 6.55. The summed E-state index contributed by atoms with van der Waals surface area (Å²) < 4.78 is 18.5. The highest BCUT2D eigenvalue weighted by Gasteiger charge is 2.26. The molecule has 0 bridgehead atoms. The van der Waals surface area contributed by atoms with Gasteiger partial charge >= 0.3 is 5.97 Å². The van der Waals surface area contributed by atoms with E-state index in [9.17, 15) is 18.8 Å². The topological polar surface area (TPSA) is 79.5 Å². The fourth-order valence-corrected chi connectivity index (χ4v) is 3.05. The molecular formula is C20H23FN2O4. The van der Waals surface area contributed by atoms with Gasteiger partial charge in [-0.1, -0.05) is 12.1 Å². The number of amides is 1. The van der Waals surface area contributed by atoms with Crippen LogP contribution in [-0.4, -0.2) is 40.7 Å². The molecule has 0 aliphatic heterocycles. The molecule has 0 aliphatic carbocycles. The smallest absolute Gasteiger partial charge is 0.355 e. The Morgan fingerprint density at radius 2 is 1.93 bits per heavy atom. The first-order valence-corrected chi connectivity index (χ1v) is 8.52. The number of ether oxygens (including phenoxy) is 1. The molecule has 1 aromatic heterocycles. The number of hydrogen-bond acceptors (Lipinski definition) is 4. The van der Waals surface area contributed by atoms with E-state index in [0.717, 1.165) is 0 Å². The number of carbonyl (C=O) groups excluding carboxylic acids is 3. The van der Waals surface area contributed by atoms with Crippen molar-refractivity contribution in [1.82, 2.24) is 9.88 Å². The number of hydrogen-bond donors (Lipinski definition) is 1. The second kappa shape index (κ2) is 8.16. The molecule has 1 heterocycles. The summed E-state index contributed by atoms with van der Waals surface area (Å²) in [6, 6.07) is 5.94. The minimum atomic E-state index is -1.03. The first-order valence-electron chi connectivity index (χ1n) is 8.52. The van der Waals surface area contributed by atoms with Crippen molar-refractivity contribution in [2.75, 3.05) is 7.05 Å². The predicted octanol–water partition coefficient (Wildman–Crippen LogP) is 3.18. The zero-order chi connectivity index (χ0) is 20.3. The minimum Gasteiger partial charge on any atom is -0.448 e. The van der Waals surface area contributed by atoms with Crippen molar-refractivity contribution in [2.45, 2.75) is 40.3 Å². The van der Waals surface area contributed by atoms with E-state index in [1.54, 1.807) is 33.0 Å². The number of benzene rings is 1. The second-order valence-corrected chi connectivity index (χ2v) is 6.55. The Morgan fingerprint density at radius 3 is 2.48 bits per heavy atom. The number of aromatic nitrogens is 1. The number of aryl methyl sites for hydroxylation is 1. The van der Waals surface area contributed by atoms with Crippen LogP contribution in [0.4, 0.5) is 4.39 Å². The summed E-state index contributed by atoms with van der Waals surface area (Å²) in [5.74, 6) is -1.66. The Labute approximate surface area is 157 Å². The van der Waals surface area contributed by atoms with Gasteiger partial charge in [-0.2, -0.15) is 0 Å². The van der Waals surface area contributed by atoms with E-state index in [4.69, 9.17) is 4.74 Å². The number of nitrogens with one attached hydrogen (secondary N) is 1. The van der Waals surface area contributed by atoms with E-state index in [0.29, 0.717) is 22.4 Å². The van der Waals surface area contributed by atoms with Crippen LogP contribution in [0.5, 0.6) is 0 Å². The lowest BCUT2D eigenvalue weighted by Crippen LogP contribution is -2.37. The Morgan fingerprint density at radius 1 is 1.26 bits per heavy atom. The number of rotatable bonds is 6. The Kier molecular flexibility index (Phi) is 6.15. The van der Waals surface area contributed by atoms with E-state index in [1.807, 2.05) is 0 Å². The number of Topliss-reactive ketones (excluding diaryl/α,β-unsaturated/α-hetero) is 1. The summed E-state index contributed by atoms with van der Waals surface area (Å²) >= 11 is 0. The highest BCUT2D eigenvalue weighted by atomic mass is 19.1. The molecule has 0 spiro atoms. The third-order valence-electron chi connectivity index (χ3n) is 4.31. The fraction of sp³-hybridized carbons (Fsp3) is 0.350. The van der Waals surface area contributed by atoms with Crippen LogP contribution >= 0.6 is 0 Å². The van der Waals surface area contributed by atoms with Gasteiger partial charge in [-0.15, -0.1) is 0 Å². The van der Waals surface area contributed by atoms with Crippen molar-refractivity contribution in [3.63, 3.8) is 0 Å². The van der Waals surface area contributed by atoms with E-state index in [-0.39, 0.29) is 23.8 Å². The van der Waals surface area contributed by atoms with Crippen LogP contribution in [0.1, 0.15) is 51.5 Å². The summed E-state index contributed by atoms with van der Waals surface area (Å²) in [6.07, 6.45) is -1.03. The number of carbonyl (C=O) groups is 3. The van der Waals surface area contributed by atoms with Gasteiger partial charge in [-0.25, -0.2) is 9.18 Å². The number of halogens is 1. The Hall–Kier alpha value is -2.96. The third-order valence-corrected chi connectivity index (χ3v) is 4.31. The number of H-pyrrole nitrogens is 1. The molecule has 1 N–H and O–H groups in total. The maximum atomic E-state index is 13.3. The van der Waals surface area contributed by atoms with Gasteiger partial charge in [0.05, 0.1) is 0 Å². The van der Waals surface area contributed by atoms with Crippen molar-refractivity contribution in [1.29, 1.82) is 0 Å². The normalized spacial score (nSPS) is 11.8. The largest absolute Gasteiger partial charge is 0.448 e. The molecule has 0 fully saturated rings. The van der Waals surface area contributed by atoms with Gasteiger partial charge in [0, 0.05) is 24.8 Å². The molecule has 0 aliphatic rings. The van der Waals surface area contributed by atoms with Gasteiger partial charge in [0.1, 0.15) is 11.5 Å². The summed E-state index contributed by atoms with van der Waals surface area (Å²) in [6.45, 7) is 6.43. The first-order chi connectivity index (χ1) is 12.6. The zero-order valence-corrected chi connectivity index (χ0v) is 16.1. The summed E-state index contributed by atoms with van der Waals surface area (Å²) in [7, 11) is 1.55. The highest BCUT2D eigenvalue weighted by molar-refractivity contribution is 6.01. The van der Waals surface area contributed by atoms with Crippen LogP contribution in [0.3, 0.4) is 0 Å². The molecule has 2 aromatic rings. The van der Waals surface area contributed by atoms with Crippen LogP contribution in [0.15, 0.2) is 24.3 Å². The lowest BCUT2D eigenvalue weighted by molar-refractivity contribution is -0.139. The predicted molar refractivity (Wildman–Crippen MR) is 98.0 cm³/mol. The van der Waals surface area contributed by atoms with E-state index in [2.05, 4.69) is 4.98 Å². The van der Waals surface area contributed by atoms with Crippen molar-refractivity contribution in [2.24, 2.45) is 0 Å². The SMILES string of the molecule is CC(=O)c1c(C)[nH]c(C(=O)OC(C)C(=O)N(C)Cc2cccc(F)c2)c1C. The number of esters is 1. The lowest BCUT2D eigenvalue weighted by atomic mass is 10.1. The van der Waals surface area contributed by atoms with E-state index >= 15 is 0 Å². The fourth-order valence-electron chi connectivity index (χ4n) is 3.05. The Balaban J connectivity index is 2.06.